The zero-order valence-corrected chi connectivity index (χ0v) is 19.2. The van der Waals surface area contributed by atoms with Gasteiger partial charge in [-0.05, 0) is 59.8 Å². The third kappa shape index (κ3) is 6.02. The first kappa shape index (κ1) is 22.7. The third-order valence-electron chi connectivity index (χ3n) is 4.30. The molecule has 1 aromatic carbocycles. The van der Waals surface area contributed by atoms with Crippen molar-refractivity contribution in [3.8, 4) is 21.6 Å². The molecule has 0 aliphatic carbocycles. The molecule has 3 aromatic rings. The Kier molecular flexibility index (Phi) is 6.84. The van der Waals surface area contributed by atoms with E-state index >= 15 is 0 Å². The molecule has 0 saturated carbocycles. The summed E-state index contributed by atoms with van der Waals surface area (Å²) in [5.41, 5.74) is 3.03. The van der Waals surface area contributed by atoms with Gasteiger partial charge in [-0.3, -0.25) is 9.71 Å². The molecular weight excluding hydrogens is 444 g/mol. The molecule has 30 heavy (non-hydrogen) atoms. The van der Waals surface area contributed by atoms with Crippen LogP contribution in [0.15, 0.2) is 48.0 Å². The minimum Gasteiger partial charge on any atom is -0.387 e. The fraction of sp³-hybridized carbons (Fsp3) is 0.286. The Labute approximate surface area is 185 Å². The molecule has 2 N–H and O–H groups in total. The number of halogens is 1. The molecule has 0 saturated heterocycles. The largest absolute Gasteiger partial charge is 0.387 e. The van der Waals surface area contributed by atoms with Crippen LogP contribution in [-0.2, 0) is 21.2 Å². The average Bonchev–Trinajstić information content (AvgIpc) is 3.10. The first-order valence-electron chi connectivity index (χ1n) is 9.09. The van der Waals surface area contributed by atoms with Gasteiger partial charge in [0.1, 0.15) is 0 Å². The standard InChI is InChI=1S/C21H23ClN2O4S2/c1-21(25,13-28-2)11-17-8-14(6-7-23-17)15-9-20(29-12-15)18-5-4-16(10-19(18)22)24-30(3,26)27/h4-10,12,24-25H,11,13H2,1-3H3. The summed E-state index contributed by atoms with van der Waals surface area (Å²) in [6, 6.07) is 11.0. The Morgan fingerprint density at radius 3 is 2.67 bits per heavy atom. The second-order valence-corrected chi connectivity index (χ2v) is 10.5. The Balaban J connectivity index is 1.84. The number of nitrogens with one attached hydrogen (secondary N) is 1. The molecule has 2 heterocycles. The summed E-state index contributed by atoms with van der Waals surface area (Å²) < 4.78 is 30.3. The summed E-state index contributed by atoms with van der Waals surface area (Å²) in [4.78, 5) is 5.32. The maximum atomic E-state index is 11.4. The normalized spacial score (nSPS) is 13.8. The van der Waals surface area contributed by atoms with Gasteiger partial charge in [-0.1, -0.05) is 11.6 Å². The number of hydrogen-bond donors (Lipinski definition) is 2. The van der Waals surface area contributed by atoms with Gasteiger partial charge >= 0.3 is 0 Å². The van der Waals surface area contributed by atoms with Gasteiger partial charge in [0, 0.05) is 41.5 Å². The first-order chi connectivity index (χ1) is 14.1. The fourth-order valence-corrected chi connectivity index (χ4v) is 4.98. The van der Waals surface area contributed by atoms with Crippen LogP contribution in [0, 0.1) is 0 Å². The number of aromatic nitrogens is 1. The molecule has 6 nitrogen and oxygen atoms in total. The van der Waals surface area contributed by atoms with Gasteiger partial charge in [-0.15, -0.1) is 11.3 Å². The monoisotopic (exact) mass is 466 g/mol. The lowest BCUT2D eigenvalue weighted by Gasteiger charge is -2.21. The second kappa shape index (κ2) is 9.03. The van der Waals surface area contributed by atoms with Crippen LogP contribution in [0.3, 0.4) is 0 Å². The highest BCUT2D eigenvalue weighted by molar-refractivity contribution is 7.92. The molecule has 1 atom stereocenters. The van der Waals surface area contributed by atoms with E-state index in [1.807, 2.05) is 23.6 Å². The lowest BCUT2D eigenvalue weighted by molar-refractivity contribution is -0.0167. The van der Waals surface area contributed by atoms with Crippen molar-refractivity contribution < 1.29 is 18.3 Å². The van der Waals surface area contributed by atoms with Crippen LogP contribution in [0.2, 0.25) is 5.02 Å². The number of anilines is 1. The minimum atomic E-state index is -3.36. The fourth-order valence-electron chi connectivity index (χ4n) is 3.13. The molecule has 160 valence electrons. The van der Waals surface area contributed by atoms with E-state index in [0.29, 0.717) is 17.1 Å². The molecule has 0 spiro atoms. The van der Waals surface area contributed by atoms with Gasteiger partial charge in [-0.2, -0.15) is 0 Å². The third-order valence-corrected chi connectivity index (χ3v) is 6.19. The zero-order chi connectivity index (χ0) is 21.9. The maximum absolute atomic E-state index is 11.4. The number of rotatable bonds is 8. The average molecular weight is 467 g/mol. The minimum absolute atomic E-state index is 0.226. The molecule has 3 rings (SSSR count). The second-order valence-electron chi connectivity index (χ2n) is 7.41. The van der Waals surface area contributed by atoms with E-state index in [0.717, 1.165) is 33.5 Å². The number of ether oxygens (including phenoxy) is 1. The van der Waals surface area contributed by atoms with E-state index in [1.165, 1.54) is 0 Å². The molecule has 0 radical (unpaired) electrons. The number of benzene rings is 1. The number of nitrogens with zero attached hydrogens (tertiary/aromatic N) is 1. The van der Waals surface area contributed by atoms with Crippen molar-refractivity contribution in [1.82, 2.24) is 4.98 Å². The molecule has 0 aliphatic rings. The predicted octanol–water partition coefficient (Wildman–Crippen LogP) is 4.44. The Morgan fingerprint density at radius 2 is 2.00 bits per heavy atom. The Bertz CT molecular complexity index is 1140. The van der Waals surface area contributed by atoms with Gasteiger partial charge in [0.05, 0.1) is 23.5 Å². The van der Waals surface area contributed by atoms with Crippen molar-refractivity contribution in [2.45, 2.75) is 18.9 Å². The van der Waals surface area contributed by atoms with Gasteiger partial charge in [0.25, 0.3) is 0 Å². The van der Waals surface area contributed by atoms with E-state index < -0.39 is 15.6 Å². The van der Waals surface area contributed by atoms with Crippen LogP contribution in [0.1, 0.15) is 12.6 Å². The molecule has 2 aromatic heterocycles. The number of thiophene rings is 1. The van der Waals surface area contributed by atoms with Gasteiger partial charge < -0.3 is 9.84 Å². The summed E-state index contributed by atoms with van der Waals surface area (Å²) in [5.74, 6) is 0. The summed E-state index contributed by atoms with van der Waals surface area (Å²) in [5, 5.41) is 12.9. The Morgan fingerprint density at radius 1 is 1.23 bits per heavy atom. The van der Waals surface area contributed by atoms with Gasteiger partial charge in [-0.25, -0.2) is 8.42 Å². The van der Waals surface area contributed by atoms with Crippen LogP contribution in [-0.4, -0.2) is 44.1 Å². The topological polar surface area (TPSA) is 88.5 Å². The van der Waals surface area contributed by atoms with Crippen molar-refractivity contribution in [2.24, 2.45) is 0 Å². The highest BCUT2D eigenvalue weighted by Crippen LogP contribution is 2.37. The van der Waals surface area contributed by atoms with Crippen molar-refractivity contribution in [3.05, 3.63) is 58.7 Å². The molecular formula is C21H23ClN2O4S2. The highest BCUT2D eigenvalue weighted by atomic mass is 35.5. The van der Waals surface area contributed by atoms with E-state index in [4.69, 9.17) is 16.3 Å². The number of hydrogen-bond acceptors (Lipinski definition) is 6. The lowest BCUT2D eigenvalue weighted by Crippen LogP contribution is -2.33. The van der Waals surface area contributed by atoms with Crippen LogP contribution in [0.4, 0.5) is 5.69 Å². The SMILES string of the molecule is COCC(C)(O)Cc1cc(-c2csc(-c3ccc(NS(C)(=O)=O)cc3Cl)c2)ccn1. The molecule has 0 fully saturated rings. The van der Waals surface area contributed by atoms with Gasteiger partial charge in [0.2, 0.25) is 10.0 Å². The van der Waals surface area contributed by atoms with E-state index in [9.17, 15) is 13.5 Å². The molecule has 1 unspecified atom stereocenters. The number of sulfonamides is 1. The van der Waals surface area contributed by atoms with Crippen LogP contribution < -0.4 is 4.72 Å². The summed E-state index contributed by atoms with van der Waals surface area (Å²) in [7, 11) is -1.81. The van der Waals surface area contributed by atoms with Gasteiger partial charge in [0.15, 0.2) is 0 Å². The first-order valence-corrected chi connectivity index (χ1v) is 12.2. The van der Waals surface area contributed by atoms with Crippen molar-refractivity contribution in [1.29, 1.82) is 0 Å². The van der Waals surface area contributed by atoms with Crippen LogP contribution >= 0.6 is 22.9 Å². The molecule has 0 aliphatic heterocycles. The molecule has 0 bridgehead atoms. The maximum Gasteiger partial charge on any atom is 0.229 e. The van der Waals surface area contributed by atoms with Crippen molar-refractivity contribution in [3.63, 3.8) is 0 Å². The van der Waals surface area contributed by atoms with E-state index in [2.05, 4.69) is 9.71 Å². The van der Waals surface area contributed by atoms with Crippen LogP contribution in [0.25, 0.3) is 21.6 Å². The number of methoxy groups -OCH3 is 1. The molecule has 0 amide bonds. The lowest BCUT2D eigenvalue weighted by atomic mass is 9.99. The van der Waals surface area contributed by atoms with E-state index in [-0.39, 0.29) is 6.61 Å². The van der Waals surface area contributed by atoms with Crippen molar-refractivity contribution in [2.75, 3.05) is 24.7 Å². The Hall–Kier alpha value is -1.97. The quantitative estimate of drug-likeness (QED) is 0.512. The number of pyridine rings is 1. The summed E-state index contributed by atoms with van der Waals surface area (Å²) >= 11 is 7.94. The highest BCUT2D eigenvalue weighted by Gasteiger charge is 2.22. The molecule has 9 heteroatoms. The van der Waals surface area contributed by atoms with Crippen molar-refractivity contribution >= 4 is 38.6 Å². The predicted molar refractivity (Wildman–Crippen MR) is 123 cm³/mol. The summed E-state index contributed by atoms with van der Waals surface area (Å²) in [6.07, 6.45) is 3.20. The zero-order valence-electron chi connectivity index (χ0n) is 16.8. The van der Waals surface area contributed by atoms with Crippen LogP contribution in [0.5, 0.6) is 0 Å². The van der Waals surface area contributed by atoms with E-state index in [1.54, 1.807) is 49.8 Å². The smallest absolute Gasteiger partial charge is 0.229 e. The summed E-state index contributed by atoms with van der Waals surface area (Å²) in [6.45, 7) is 1.95. The number of aliphatic hydroxyl groups is 1.